The average molecular weight is 406 g/mol. The maximum atomic E-state index is 13.2. The van der Waals surface area contributed by atoms with Crippen molar-refractivity contribution in [3.63, 3.8) is 0 Å². The van der Waals surface area contributed by atoms with Gasteiger partial charge in [0.25, 0.3) is 5.91 Å². The van der Waals surface area contributed by atoms with E-state index in [4.69, 9.17) is 0 Å². The average Bonchev–Trinajstić information content (AvgIpc) is 3.33. The van der Waals surface area contributed by atoms with E-state index in [1.54, 1.807) is 11.0 Å². The first-order valence-electron chi connectivity index (χ1n) is 9.94. The number of aromatic nitrogens is 2. The van der Waals surface area contributed by atoms with Crippen LogP contribution in [0, 0.1) is 17.8 Å². The molecule has 1 amide bonds. The quantitative estimate of drug-likeness (QED) is 0.705. The molecule has 3 heterocycles. The van der Waals surface area contributed by atoms with Gasteiger partial charge in [0, 0.05) is 31.9 Å². The van der Waals surface area contributed by atoms with Crippen molar-refractivity contribution in [2.75, 3.05) is 19.6 Å². The van der Waals surface area contributed by atoms with Crippen LogP contribution in [0.1, 0.15) is 52.0 Å². The third-order valence-corrected chi connectivity index (χ3v) is 5.35. The monoisotopic (exact) mass is 406 g/mol. The summed E-state index contributed by atoms with van der Waals surface area (Å²) < 4.78 is 39.6. The van der Waals surface area contributed by atoms with Gasteiger partial charge in [0.2, 0.25) is 0 Å². The lowest BCUT2D eigenvalue weighted by atomic mass is 9.72. The summed E-state index contributed by atoms with van der Waals surface area (Å²) in [6.07, 6.45) is -3.22. The number of carbonyl (C=O) groups excluding carboxylic acids is 1. The highest BCUT2D eigenvalue weighted by atomic mass is 19.4. The fourth-order valence-electron chi connectivity index (χ4n) is 4.09. The van der Waals surface area contributed by atoms with Gasteiger partial charge < -0.3 is 15.3 Å². The first-order valence-corrected chi connectivity index (χ1v) is 9.94. The Kier molecular flexibility index (Phi) is 8.49. The van der Waals surface area contributed by atoms with Crippen molar-refractivity contribution in [2.24, 2.45) is 17.8 Å². The normalized spacial score (nSPS) is 28.9. The Morgan fingerprint density at radius 1 is 1.25 bits per heavy atom. The van der Waals surface area contributed by atoms with Gasteiger partial charge in [0.15, 0.2) is 5.60 Å². The molecule has 9 heteroatoms. The van der Waals surface area contributed by atoms with Crippen LogP contribution >= 0.6 is 0 Å². The number of aliphatic hydroxyl groups is 1. The highest BCUT2D eigenvalue weighted by Crippen LogP contribution is 2.44. The van der Waals surface area contributed by atoms with Crippen molar-refractivity contribution >= 4 is 5.91 Å². The molecule has 2 aliphatic heterocycles. The van der Waals surface area contributed by atoms with Crippen molar-refractivity contribution in [2.45, 2.75) is 59.4 Å². The Morgan fingerprint density at radius 2 is 1.86 bits per heavy atom. The molecule has 2 saturated heterocycles. The summed E-state index contributed by atoms with van der Waals surface area (Å²) in [4.78, 5) is 14.1. The molecule has 5 atom stereocenters. The summed E-state index contributed by atoms with van der Waals surface area (Å²) in [7, 11) is 0. The zero-order chi connectivity index (χ0) is 21.7. The van der Waals surface area contributed by atoms with Gasteiger partial charge in [-0.15, -0.1) is 0 Å². The third-order valence-electron chi connectivity index (χ3n) is 5.35. The molecule has 0 spiro atoms. The molecule has 3 N–H and O–H groups in total. The number of nitrogens with one attached hydrogen (secondary N) is 2. The number of halogens is 3. The second-order valence-electron chi connectivity index (χ2n) is 7.03. The number of aromatic amines is 1. The number of likely N-dealkylation sites (tertiary alicyclic amines) is 1. The molecule has 28 heavy (non-hydrogen) atoms. The molecular weight excluding hydrogens is 373 g/mol. The second kappa shape index (κ2) is 9.73. The first-order chi connectivity index (χ1) is 13.1. The number of hydrogen-bond acceptors (Lipinski definition) is 4. The number of piperidine rings is 1. The molecule has 1 aromatic heterocycles. The van der Waals surface area contributed by atoms with Gasteiger partial charge in [-0.25, -0.2) is 0 Å². The standard InChI is InChI=1S/C15H21F3N4O2.2C2H6/c1-8-6-22(13(23)10-3-4-20-21-10)7-9-5-19-12(11(8)9)14(2,24)15(16,17)18;2*1-2/h3-4,8-9,11-12,19,24H,5-7H2,1-2H3,(H,20,21);2*1-2H3/t8-,9?,11+,12-,14+;;/m0../s1. The highest BCUT2D eigenvalue weighted by molar-refractivity contribution is 5.92. The topological polar surface area (TPSA) is 81.2 Å². The predicted octanol–water partition coefficient (Wildman–Crippen LogP) is 3.07. The molecule has 162 valence electrons. The van der Waals surface area contributed by atoms with E-state index in [1.807, 2.05) is 34.6 Å². The lowest BCUT2D eigenvalue weighted by Crippen LogP contribution is -2.60. The van der Waals surface area contributed by atoms with E-state index in [-0.39, 0.29) is 23.7 Å². The Morgan fingerprint density at radius 3 is 2.36 bits per heavy atom. The summed E-state index contributed by atoms with van der Waals surface area (Å²) in [5, 5.41) is 19.3. The summed E-state index contributed by atoms with van der Waals surface area (Å²) in [6, 6.07) is 0.505. The van der Waals surface area contributed by atoms with Gasteiger partial charge in [0.05, 0.1) is 0 Å². The van der Waals surface area contributed by atoms with Crippen LogP contribution in [0.5, 0.6) is 0 Å². The molecule has 1 aromatic rings. The molecule has 2 aliphatic rings. The largest absolute Gasteiger partial charge is 0.418 e. The Hall–Kier alpha value is -1.61. The van der Waals surface area contributed by atoms with Crippen LogP contribution in [0.4, 0.5) is 13.2 Å². The van der Waals surface area contributed by atoms with E-state index >= 15 is 0 Å². The van der Waals surface area contributed by atoms with E-state index in [0.29, 0.717) is 25.3 Å². The number of carbonyl (C=O) groups is 1. The van der Waals surface area contributed by atoms with Crippen molar-refractivity contribution in [3.8, 4) is 0 Å². The van der Waals surface area contributed by atoms with Gasteiger partial charge in [-0.3, -0.25) is 9.89 Å². The van der Waals surface area contributed by atoms with E-state index in [2.05, 4.69) is 15.5 Å². The zero-order valence-corrected chi connectivity index (χ0v) is 17.5. The van der Waals surface area contributed by atoms with Crippen LogP contribution in [0.15, 0.2) is 12.3 Å². The van der Waals surface area contributed by atoms with Crippen molar-refractivity contribution in [3.05, 3.63) is 18.0 Å². The molecule has 0 aromatic carbocycles. The first kappa shape index (κ1) is 24.4. The van der Waals surface area contributed by atoms with Gasteiger partial charge in [-0.05, 0) is 30.7 Å². The van der Waals surface area contributed by atoms with Gasteiger partial charge >= 0.3 is 6.18 Å². The van der Waals surface area contributed by atoms with Crippen LogP contribution in [-0.2, 0) is 0 Å². The minimum Gasteiger partial charge on any atom is -0.379 e. The van der Waals surface area contributed by atoms with E-state index in [9.17, 15) is 23.1 Å². The molecule has 3 rings (SSSR count). The van der Waals surface area contributed by atoms with Crippen molar-refractivity contribution < 1.29 is 23.1 Å². The Balaban J connectivity index is 0.000000921. The van der Waals surface area contributed by atoms with E-state index < -0.39 is 17.8 Å². The minimum atomic E-state index is -4.71. The summed E-state index contributed by atoms with van der Waals surface area (Å²) in [6.45, 7) is 11.7. The lowest BCUT2D eigenvalue weighted by Gasteiger charge is -2.44. The number of H-pyrrole nitrogens is 1. The lowest BCUT2D eigenvalue weighted by molar-refractivity contribution is -0.267. The number of hydrogen-bond donors (Lipinski definition) is 3. The fraction of sp³-hybridized carbons (Fsp3) is 0.789. The minimum absolute atomic E-state index is 0.126. The maximum Gasteiger partial charge on any atom is 0.418 e. The summed E-state index contributed by atoms with van der Waals surface area (Å²) >= 11 is 0. The Bertz CT molecular complexity index is 605. The highest BCUT2D eigenvalue weighted by Gasteiger charge is 2.61. The van der Waals surface area contributed by atoms with E-state index in [0.717, 1.165) is 6.92 Å². The molecule has 0 aliphatic carbocycles. The molecule has 0 saturated carbocycles. The maximum absolute atomic E-state index is 13.2. The molecule has 0 bridgehead atoms. The number of rotatable bonds is 2. The summed E-state index contributed by atoms with van der Waals surface area (Å²) in [5.41, 5.74) is -2.43. The van der Waals surface area contributed by atoms with Crippen molar-refractivity contribution in [1.82, 2.24) is 20.4 Å². The van der Waals surface area contributed by atoms with Gasteiger partial charge in [-0.1, -0.05) is 34.6 Å². The number of nitrogens with zero attached hydrogens (tertiary/aromatic N) is 2. The van der Waals surface area contributed by atoms with Crippen LogP contribution in [0.25, 0.3) is 0 Å². The molecule has 0 radical (unpaired) electrons. The molecule has 2 fully saturated rings. The molecular formula is C19H33F3N4O2. The summed E-state index contributed by atoms with van der Waals surface area (Å²) in [5.74, 6) is -0.833. The number of fused-ring (bicyclic) bond motifs is 1. The van der Waals surface area contributed by atoms with Gasteiger partial charge in [-0.2, -0.15) is 18.3 Å². The molecule has 1 unspecified atom stereocenters. The van der Waals surface area contributed by atoms with Crippen LogP contribution in [0.3, 0.4) is 0 Å². The zero-order valence-electron chi connectivity index (χ0n) is 17.5. The Labute approximate surface area is 164 Å². The fourth-order valence-corrected chi connectivity index (χ4v) is 4.09. The van der Waals surface area contributed by atoms with Crippen LogP contribution in [-0.4, -0.2) is 63.6 Å². The van der Waals surface area contributed by atoms with Crippen molar-refractivity contribution in [1.29, 1.82) is 0 Å². The second-order valence-corrected chi connectivity index (χ2v) is 7.03. The predicted molar refractivity (Wildman–Crippen MR) is 102 cm³/mol. The van der Waals surface area contributed by atoms with Crippen LogP contribution < -0.4 is 5.32 Å². The molecule has 6 nitrogen and oxygen atoms in total. The van der Waals surface area contributed by atoms with E-state index in [1.165, 1.54) is 6.20 Å². The number of amides is 1. The smallest absolute Gasteiger partial charge is 0.379 e. The third kappa shape index (κ3) is 4.68. The van der Waals surface area contributed by atoms with Crippen LogP contribution in [0.2, 0.25) is 0 Å². The van der Waals surface area contributed by atoms with Gasteiger partial charge in [0.1, 0.15) is 5.69 Å². The SMILES string of the molecule is CC.CC.C[C@H]1CN(C(=O)c2ccn[nH]2)CC2CN[C@H]([C@@](C)(O)C(F)(F)F)[C@@H]21. The number of alkyl halides is 3.